The van der Waals surface area contributed by atoms with E-state index < -0.39 is 0 Å². The van der Waals surface area contributed by atoms with Crippen molar-refractivity contribution in [3.05, 3.63) is 22.8 Å². The van der Waals surface area contributed by atoms with Crippen molar-refractivity contribution < 1.29 is 4.74 Å². The summed E-state index contributed by atoms with van der Waals surface area (Å²) < 4.78 is 5.07. The molecular formula is C10H12ClN3O. The highest BCUT2D eigenvalue weighted by molar-refractivity contribution is 6.33. The van der Waals surface area contributed by atoms with Crippen LogP contribution in [0.4, 0.5) is 5.82 Å². The van der Waals surface area contributed by atoms with Crippen LogP contribution in [0, 0.1) is 11.3 Å². The van der Waals surface area contributed by atoms with E-state index in [9.17, 15) is 0 Å². The zero-order valence-corrected chi connectivity index (χ0v) is 9.38. The van der Waals surface area contributed by atoms with E-state index in [1.54, 1.807) is 13.2 Å². The van der Waals surface area contributed by atoms with Crippen LogP contribution < -0.4 is 5.32 Å². The van der Waals surface area contributed by atoms with Gasteiger partial charge in [-0.3, -0.25) is 0 Å². The van der Waals surface area contributed by atoms with Gasteiger partial charge in [-0.15, -0.1) is 0 Å². The minimum absolute atomic E-state index is 0.0820. The van der Waals surface area contributed by atoms with E-state index in [0.717, 1.165) is 0 Å². The molecule has 15 heavy (non-hydrogen) atoms. The summed E-state index contributed by atoms with van der Waals surface area (Å²) in [5.74, 6) is 0.569. The van der Waals surface area contributed by atoms with Crippen molar-refractivity contribution in [1.82, 2.24) is 4.98 Å². The van der Waals surface area contributed by atoms with Crippen molar-refractivity contribution in [2.75, 3.05) is 19.0 Å². The van der Waals surface area contributed by atoms with Gasteiger partial charge in [0.1, 0.15) is 11.9 Å². The molecule has 0 aromatic carbocycles. The van der Waals surface area contributed by atoms with Crippen LogP contribution in [0.15, 0.2) is 12.3 Å². The number of nitriles is 1. The Morgan fingerprint density at radius 2 is 2.47 bits per heavy atom. The summed E-state index contributed by atoms with van der Waals surface area (Å²) in [7, 11) is 1.64. The maximum Gasteiger partial charge on any atom is 0.144 e. The first-order chi connectivity index (χ1) is 7.17. The van der Waals surface area contributed by atoms with Crippen LogP contribution in [-0.4, -0.2) is 24.7 Å². The molecule has 1 aromatic rings. The fourth-order valence-electron chi connectivity index (χ4n) is 0.953. The molecule has 0 saturated heterocycles. The molecule has 5 heteroatoms. The molecular weight excluding hydrogens is 214 g/mol. The lowest BCUT2D eigenvalue weighted by atomic mass is 10.3. The number of nitrogens with zero attached hydrogens (tertiary/aromatic N) is 2. The van der Waals surface area contributed by atoms with Gasteiger partial charge in [-0.2, -0.15) is 5.26 Å². The van der Waals surface area contributed by atoms with Crippen molar-refractivity contribution >= 4 is 17.4 Å². The molecule has 1 N–H and O–H groups in total. The van der Waals surface area contributed by atoms with Crippen LogP contribution in [0.1, 0.15) is 12.5 Å². The average molecular weight is 226 g/mol. The molecule has 0 amide bonds. The van der Waals surface area contributed by atoms with Crippen molar-refractivity contribution in [2.24, 2.45) is 0 Å². The highest BCUT2D eigenvalue weighted by Gasteiger charge is 2.05. The summed E-state index contributed by atoms with van der Waals surface area (Å²) in [6.45, 7) is 2.56. The van der Waals surface area contributed by atoms with Gasteiger partial charge in [-0.05, 0) is 13.0 Å². The highest BCUT2D eigenvalue weighted by atomic mass is 35.5. The van der Waals surface area contributed by atoms with Gasteiger partial charge in [-0.1, -0.05) is 11.6 Å². The molecule has 0 bridgehead atoms. The molecule has 1 aromatic heterocycles. The zero-order chi connectivity index (χ0) is 11.3. The Kier molecular flexibility index (Phi) is 4.35. The number of hydrogen-bond acceptors (Lipinski definition) is 4. The molecule has 4 nitrogen and oxygen atoms in total. The van der Waals surface area contributed by atoms with E-state index >= 15 is 0 Å². The Bertz CT molecular complexity index is 375. The predicted molar refractivity (Wildman–Crippen MR) is 58.9 cm³/mol. The quantitative estimate of drug-likeness (QED) is 0.852. The van der Waals surface area contributed by atoms with Gasteiger partial charge in [0, 0.05) is 19.9 Å². The van der Waals surface area contributed by atoms with Crippen molar-refractivity contribution in [3.8, 4) is 6.07 Å². The predicted octanol–water partition coefficient (Wildman–Crippen LogP) is 2.05. The number of methoxy groups -OCH3 is 1. The maximum absolute atomic E-state index is 8.62. The molecule has 1 heterocycles. The van der Waals surface area contributed by atoms with Gasteiger partial charge >= 0.3 is 0 Å². The van der Waals surface area contributed by atoms with Crippen LogP contribution in [-0.2, 0) is 4.74 Å². The third-order valence-electron chi connectivity index (χ3n) is 1.93. The summed E-state index contributed by atoms with van der Waals surface area (Å²) in [6, 6.07) is 3.55. The molecule has 0 saturated carbocycles. The number of nitrogens with one attached hydrogen (secondary N) is 1. The molecule has 1 rings (SSSR count). The topological polar surface area (TPSA) is 57.9 Å². The first kappa shape index (κ1) is 11.8. The van der Waals surface area contributed by atoms with Crippen LogP contribution in [0.5, 0.6) is 0 Å². The standard InChI is InChI=1S/C10H12ClN3O/c1-7(15-2)5-13-10-9(11)3-8(4-12)6-14-10/h3,6-7H,5H2,1-2H3,(H,13,14). The lowest BCUT2D eigenvalue weighted by Crippen LogP contribution is -2.18. The molecule has 0 aliphatic heterocycles. The third kappa shape index (κ3) is 3.39. The second-order valence-corrected chi connectivity index (χ2v) is 3.50. The van der Waals surface area contributed by atoms with Crippen LogP contribution in [0.3, 0.4) is 0 Å². The number of rotatable bonds is 4. The van der Waals surface area contributed by atoms with Crippen molar-refractivity contribution in [2.45, 2.75) is 13.0 Å². The first-order valence-corrected chi connectivity index (χ1v) is 4.87. The van der Waals surface area contributed by atoms with Crippen LogP contribution in [0.25, 0.3) is 0 Å². The summed E-state index contributed by atoms with van der Waals surface area (Å²) in [5.41, 5.74) is 0.449. The van der Waals surface area contributed by atoms with Gasteiger partial charge in [0.05, 0.1) is 16.7 Å². The highest BCUT2D eigenvalue weighted by Crippen LogP contribution is 2.19. The maximum atomic E-state index is 8.62. The molecule has 1 atom stereocenters. The van der Waals surface area contributed by atoms with E-state index in [4.69, 9.17) is 21.6 Å². The Balaban J connectivity index is 2.67. The summed E-state index contributed by atoms with van der Waals surface area (Å²) >= 11 is 5.92. The Labute approximate surface area is 93.8 Å². The fraction of sp³-hybridized carbons (Fsp3) is 0.400. The minimum atomic E-state index is 0.0820. The van der Waals surface area contributed by atoms with E-state index in [2.05, 4.69) is 10.3 Å². The number of aromatic nitrogens is 1. The zero-order valence-electron chi connectivity index (χ0n) is 8.62. The molecule has 0 aliphatic carbocycles. The molecule has 0 radical (unpaired) electrons. The third-order valence-corrected chi connectivity index (χ3v) is 2.22. The summed E-state index contributed by atoms with van der Waals surface area (Å²) in [5, 5.41) is 12.1. The Morgan fingerprint density at radius 1 is 1.73 bits per heavy atom. The summed E-state index contributed by atoms with van der Waals surface area (Å²) in [4.78, 5) is 4.03. The average Bonchev–Trinajstić information content (AvgIpc) is 2.26. The summed E-state index contributed by atoms with van der Waals surface area (Å²) in [6.07, 6.45) is 1.56. The molecule has 1 unspecified atom stereocenters. The fourth-order valence-corrected chi connectivity index (χ4v) is 1.19. The van der Waals surface area contributed by atoms with Gasteiger partial charge < -0.3 is 10.1 Å². The van der Waals surface area contributed by atoms with E-state index in [-0.39, 0.29) is 6.10 Å². The van der Waals surface area contributed by atoms with Gasteiger partial charge in [0.25, 0.3) is 0 Å². The number of hydrogen-bond donors (Lipinski definition) is 1. The molecule has 0 fully saturated rings. The second-order valence-electron chi connectivity index (χ2n) is 3.09. The molecule has 0 aliphatic rings. The van der Waals surface area contributed by atoms with Crippen LogP contribution >= 0.6 is 11.6 Å². The Hall–Kier alpha value is -1.31. The lowest BCUT2D eigenvalue weighted by molar-refractivity contribution is 0.128. The van der Waals surface area contributed by atoms with Crippen molar-refractivity contribution in [3.63, 3.8) is 0 Å². The van der Waals surface area contributed by atoms with E-state index in [1.807, 2.05) is 13.0 Å². The molecule has 80 valence electrons. The Morgan fingerprint density at radius 3 is 3.00 bits per heavy atom. The SMILES string of the molecule is COC(C)CNc1ncc(C#N)cc1Cl. The minimum Gasteiger partial charge on any atom is -0.380 e. The monoisotopic (exact) mass is 225 g/mol. The normalized spacial score (nSPS) is 11.9. The molecule has 0 spiro atoms. The first-order valence-electron chi connectivity index (χ1n) is 4.49. The van der Waals surface area contributed by atoms with Gasteiger partial charge in [0.15, 0.2) is 0 Å². The number of halogens is 1. The van der Waals surface area contributed by atoms with E-state index in [0.29, 0.717) is 22.9 Å². The lowest BCUT2D eigenvalue weighted by Gasteiger charge is -2.11. The van der Waals surface area contributed by atoms with Gasteiger partial charge in [0.2, 0.25) is 0 Å². The number of anilines is 1. The van der Waals surface area contributed by atoms with Crippen molar-refractivity contribution in [1.29, 1.82) is 5.26 Å². The number of ether oxygens (including phenoxy) is 1. The second kappa shape index (κ2) is 5.54. The number of pyridine rings is 1. The van der Waals surface area contributed by atoms with Crippen LogP contribution in [0.2, 0.25) is 5.02 Å². The van der Waals surface area contributed by atoms with E-state index in [1.165, 1.54) is 6.20 Å². The van der Waals surface area contributed by atoms with Gasteiger partial charge in [-0.25, -0.2) is 4.98 Å². The largest absolute Gasteiger partial charge is 0.380 e. The smallest absolute Gasteiger partial charge is 0.144 e.